The average molecular weight is 574 g/mol. The van der Waals surface area contributed by atoms with Crippen LogP contribution in [0.3, 0.4) is 0 Å². The highest BCUT2D eigenvalue weighted by Crippen LogP contribution is 2.39. The number of hydrogen-bond donors (Lipinski definition) is 0. The quantitative estimate of drug-likeness (QED) is 0.398. The second kappa shape index (κ2) is 12.8. The van der Waals surface area contributed by atoms with E-state index in [1.807, 2.05) is 0 Å². The molecule has 1 aromatic heterocycles. The van der Waals surface area contributed by atoms with Gasteiger partial charge in [0.25, 0.3) is 5.91 Å². The van der Waals surface area contributed by atoms with Crippen molar-refractivity contribution < 1.29 is 42.1 Å². The van der Waals surface area contributed by atoms with E-state index in [1.54, 1.807) is 35.2 Å². The van der Waals surface area contributed by atoms with Crippen LogP contribution in [-0.2, 0) is 25.7 Å². The minimum atomic E-state index is -2.99. The number of morpholine rings is 1. The van der Waals surface area contributed by atoms with Gasteiger partial charge in [-0.3, -0.25) is 9.59 Å². The number of nitrogens with zero attached hydrogens (tertiary/aromatic N) is 3. The first-order valence-corrected chi connectivity index (χ1v) is 13.8. The summed E-state index contributed by atoms with van der Waals surface area (Å²) in [6, 6.07) is 8.87. The maximum absolute atomic E-state index is 13.1. The van der Waals surface area contributed by atoms with Crippen LogP contribution >= 0.6 is 0 Å². The summed E-state index contributed by atoms with van der Waals surface area (Å²) in [6.45, 7) is 0.822. The lowest BCUT2D eigenvalue weighted by Crippen LogP contribution is -2.41. The Balaban J connectivity index is 1.24. The van der Waals surface area contributed by atoms with Crippen molar-refractivity contribution in [3.8, 4) is 11.5 Å². The molecule has 2 saturated heterocycles. The van der Waals surface area contributed by atoms with Crippen molar-refractivity contribution in [3.63, 3.8) is 0 Å². The summed E-state index contributed by atoms with van der Waals surface area (Å²) in [6.07, 6.45) is 2.36. The van der Waals surface area contributed by atoms with E-state index in [0.29, 0.717) is 50.9 Å². The molecule has 2 amide bonds. The number of halogens is 2. The third-order valence-electron chi connectivity index (χ3n) is 7.49. The van der Waals surface area contributed by atoms with E-state index in [2.05, 4.69) is 9.72 Å². The van der Waals surface area contributed by atoms with Crippen molar-refractivity contribution in [1.82, 2.24) is 14.8 Å². The molecule has 10 nitrogen and oxygen atoms in total. The summed E-state index contributed by atoms with van der Waals surface area (Å²) in [4.78, 5) is 45.8. The van der Waals surface area contributed by atoms with Crippen LogP contribution in [0.2, 0.25) is 0 Å². The fourth-order valence-electron chi connectivity index (χ4n) is 5.07. The zero-order valence-electron chi connectivity index (χ0n) is 22.8. The van der Waals surface area contributed by atoms with Crippen molar-refractivity contribution >= 4 is 17.8 Å². The number of likely N-dealkylation sites (tertiary alicyclic amines) is 1. The van der Waals surface area contributed by atoms with Crippen LogP contribution in [0.5, 0.6) is 11.5 Å². The van der Waals surface area contributed by atoms with Gasteiger partial charge in [-0.15, -0.1) is 0 Å². The van der Waals surface area contributed by atoms with E-state index in [9.17, 15) is 23.2 Å². The van der Waals surface area contributed by atoms with Gasteiger partial charge in [0, 0.05) is 32.5 Å². The Kier molecular flexibility index (Phi) is 8.96. The summed E-state index contributed by atoms with van der Waals surface area (Å²) in [5.41, 5.74) is 1.41. The van der Waals surface area contributed by atoms with Crippen molar-refractivity contribution in [1.29, 1.82) is 0 Å². The fourth-order valence-corrected chi connectivity index (χ4v) is 5.07. The molecule has 1 unspecified atom stereocenters. The Labute approximate surface area is 236 Å². The number of pyridine rings is 1. The molecule has 3 aliphatic rings. The lowest BCUT2D eigenvalue weighted by Gasteiger charge is -2.26. The Bertz CT molecular complexity index is 1270. The Morgan fingerprint density at radius 3 is 2.59 bits per heavy atom. The number of alkyl halides is 2. The van der Waals surface area contributed by atoms with Gasteiger partial charge < -0.3 is 28.7 Å². The first kappa shape index (κ1) is 28.7. The van der Waals surface area contributed by atoms with Gasteiger partial charge in [0.05, 0.1) is 25.5 Å². The highest BCUT2D eigenvalue weighted by Gasteiger charge is 2.40. The lowest BCUT2D eigenvalue weighted by molar-refractivity contribution is -0.154. The molecule has 0 bridgehead atoms. The van der Waals surface area contributed by atoms with Gasteiger partial charge in [0.2, 0.25) is 5.91 Å². The van der Waals surface area contributed by atoms with Gasteiger partial charge in [-0.05, 0) is 55.0 Å². The molecule has 1 saturated carbocycles. The summed E-state index contributed by atoms with van der Waals surface area (Å²) in [5, 5.41) is 0. The molecule has 2 atom stereocenters. The molecule has 41 heavy (non-hydrogen) atoms. The summed E-state index contributed by atoms with van der Waals surface area (Å²) in [5.74, 6) is -0.757. The molecule has 2 aromatic rings. The Hall–Kier alpha value is -3.80. The molecular weight excluding hydrogens is 540 g/mol. The predicted molar refractivity (Wildman–Crippen MR) is 141 cm³/mol. The SMILES string of the molecule is CC(=O)N1CC(c2ccc(OC(F)F)c(OCC3CC3)c2)C[C@@H]1C(=O)OCc1cccc(C(=O)N2CCOCC2)n1. The smallest absolute Gasteiger partial charge is 0.387 e. The maximum Gasteiger partial charge on any atom is 0.387 e. The second-order valence-electron chi connectivity index (χ2n) is 10.5. The number of amides is 2. The molecule has 5 rings (SSSR count). The van der Waals surface area contributed by atoms with Crippen LogP contribution in [0.1, 0.15) is 53.8 Å². The lowest BCUT2D eigenvalue weighted by atomic mass is 9.96. The predicted octanol–water partition coefficient (Wildman–Crippen LogP) is 3.39. The minimum Gasteiger partial charge on any atom is -0.489 e. The first-order valence-electron chi connectivity index (χ1n) is 13.8. The van der Waals surface area contributed by atoms with Crippen LogP contribution in [0.25, 0.3) is 0 Å². The van der Waals surface area contributed by atoms with Gasteiger partial charge >= 0.3 is 12.6 Å². The normalized spacial score (nSPS) is 20.7. The molecule has 3 heterocycles. The van der Waals surface area contributed by atoms with Crippen LogP contribution in [0, 0.1) is 5.92 Å². The number of rotatable bonds is 10. The van der Waals surface area contributed by atoms with Crippen molar-refractivity contribution in [3.05, 3.63) is 53.3 Å². The molecule has 0 N–H and O–H groups in total. The standard InChI is InChI=1S/C29H33F2N3O7/c1-18(35)34-15-21(20-7-8-25(41-29(30)31)26(14-20)39-16-19-5-6-19)13-24(34)28(37)40-17-22-3-2-4-23(32-22)27(36)33-9-11-38-12-10-33/h2-4,7-8,14,19,21,24,29H,5-6,9-13,15-17H2,1H3/t21?,24-/m1/s1. The molecule has 12 heteroatoms. The third-order valence-corrected chi connectivity index (χ3v) is 7.49. The largest absolute Gasteiger partial charge is 0.489 e. The van der Waals surface area contributed by atoms with Gasteiger partial charge in [-0.2, -0.15) is 8.78 Å². The van der Waals surface area contributed by atoms with Gasteiger partial charge in [-0.25, -0.2) is 9.78 Å². The van der Waals surface area contributed by atoms with E-state index in [4.69, 9.17) is 14.2 Å². The molecule has 220 valence electrons. The Morgan fingerprint density at radius 2 is 1.88 bits per heavy atom. The summed E-state index contributed by atoms with van der Waals surface area (Å²) >= 11 is 0. The molecule has 1 aromatic carbocycles. The number of carbonyl (C=O) groups excluding carboxylic acids is 3. The second-order valence-corrected chi connectivity index (χ2v) is 10.5. The number of ether oxygens (including phenoxy) is 4. The third kappa shape index (κ3) is 7.29. The molecule has 1 aliphatic carbocycles. The number of carbonyl (C=O) groups is 3. The van der Waals surface area contributed by atoms with E-state index < -0.39 is 18.6 Å². The summed E-state index contributed by atoms with van der Waals surface area (Å²) < 4.78 is 47.1. The zero-order valence-corrected chi connectivity index (χ0v) is 22.8. The number of aromatic nitrogens is 1. The molecule has 0 spiro atoms. The van der Waals surface area contributed by atoms with E-state index in [1.165, 1.54) is 17.9 Å². The van der Waals surface area contributed by atoms with Crippen molar-refractivity contribution in [2.24, 2.45) is 5.92 Å². The van der Waals surface area contributed by atoms with E-state index >= 15 is 0 Å². The van der Waals surface area contributed by atoms with Gasteiger partial charge in [0.1, 0.15) is 18.3 Å². The highest BCUT2D eigenvalue weighted by atomic mass is 19.3. The zero-order chi connectivity index (χ0) is 28.9. The fraction of sp³-hybridized carbons (Fsp3) is 0.517. The first-order chi connectivity index (χ1) is 19.8. The highest BCUT2D eigenvalue weighted by molar-refractivity contribution is 5.92. The van der Waals surface area contributed by atoms with Crippen molar-refractivity contribution in [2.75, 3.05) is 39.5 Å². The van der Waals surface area contributed by atoms with Gasteiger partial charge in [0.15, 0.2) is 11.5 Å². The number of hydrogen-bond acceptors (Lipinski definition) is 8. The van der Waals surface area contributed by atoms with Crippen LogP contribution < -0.4 is 9.47 Å². The van der Waals surface area contributed by atoms with Crippen LogP contribution in [0.4, 0.5) is 8.78 Å². The van der Waals surface area contributed by atoms with Gasteiger partial charge in [-0.1, -0.05) is 12.1 Å². The number of esters is 1. The molecular formula is C29H33F2N3O7. The van der Waals surface area contributed by atoms with Crippen molar-refractivity contribution in [2.45, 2.75) is 51.4 Å². The molecule has 3 fully saturated rings. The van der Waals surface area contributed by atoms with E-state index in [0.717, 1.165) is 18.4 Å². The van der Waals surface area contributed by atoms with E-state index in [-0.39, 0.29) is 48.1 Å². The molecule has 0 radical (unpaired) electrons. The van der Waals surface area contributed by atoms with Crippen LogP contribution in [-0.4, -0.2) is 84.7 Å². The Morgan fingerprint density at radius 1 is 1.10 bits per heavy atom. The topological polar surface area (TPSA) is 108 Å². The summed E-state index contributed by atoms with van der Waals surface area (Å²) in [7, 11) is 0. The average Bonchev–Trinajstić information content (AvgIpc) is 3.70. The number of benzene rings is 1. The van der Waals surface area contributed by atoms with Crippen LogP contribution in [0.15, 0.2) is 36.4 Å². The molecule has 2 aliphatic heterocycles. The minimum absolute atomic E-state index is 0.0522. The maximum atomic E-state index is 13.1. The monoisotopic (exact) mass is 573 g/mol.